The molecule has 1 rings (SSSR count). The number of para-hydroxylation sites is 1. The molecule has 0 bridgehead atoms. The lowest BCUT2D eigenvalue weighted by atomic mass is 9.96. The van der Waals surface area contributed by atoms with E-state index in [0.717, 1.165) is 25.7 Å². The Morgan fingerprint density at radius 2 is 1.69 bits per heavy atom. The number of hydrogen-bond acceptors (Lipinski definition) is 5. The van der Waals surface area contributed by atoms with Crippen LogP contribution in [0.4, 0.5) is 4.79 Å². The monoisotopic (exact) mass is 505 g/mol. The van der Waals surface area contributed by atoms with Gasteiger partial charge in [0.25, 0.3) is 0 Å². The number of aromatic hydroxyl groups is 1. The van der Waals surface area contributed by atoms with E-state index in [1.165, 1.54) is 4.90 Å². The van der Waals surface area contributed by atoms with Crippen LogP contribution in [0, 0.1) is 12.8 Å². The first-order valence-electron chi connectivity index (χ1n) is 13.2. The van der Waals surface area contributed by atoms with E-state index in [0.29, 0.717) is 30.6 Å². The molecule has 0 saturated carbocycles. The van der Waals surface area contributed by atoms with Crippen molar-refractivity contribution in [2.75, 3.05) is 13.1 Å². The van der Waals surface area contributed by atoms with Crippen LogP contribution < -0.4 is 10.6 Å². The smallest absolute Gasteiger partial charge is 0.408 e. The normalized spacial score (nSPS) is 13.1. The molecule has 2 atom stereocenters. The molecule has 0 aromatic heterocycles. The number of carbonyl (C=O) groups excluding carboxylic acids is 3. The summed E-state index contributed by atoms with van der Waals surface area (Å²) in [6, 6.07) is 3.27. The van der Waals surface area contributed by atoms with Crippen LogP contribution in [0.15, 0.2) is 18.2 Å². The number of aryl methyl sites for hydroxylation is 1. The van der Waals surface area contributed by atoms with E-state index >= 15 is 0 Å². The van der Waals surface area contributed by atoms with Crippen LogP contribution in [0.1, 0.15) is 97.7 Å². The summed E-state index contributed by atoms with van der Waals surface area (Å²) in [7, 11) is 0. The topological polar surface area (TPSA) is 108 Å². The van der Waals surface area contributed by atoms with Crippen LogP contribution in [-0.4, -0.2) is 52.6 Å². The van der Waals surface area contributed by atoms with Gasteiger partial charge in [0.2, 0.25) is 11.8 Å². The molecule has 36 heavy (non-hydrogen) atoms. The second kappa shape index (κ2) is 14.7. The van der Waals surface area contributed by atoms with Gasteiger partial charge in [0.15, 0.2) is 0 Å². The number of unbranched alkanes of at least 4 members (excludes halogenated alkanes) is 3. The Kier molecular flexibility index (Phi) is 12.8. The van der Waals surface area contributed by atoms with E-state index in [-0.39, 0.29) is 23.5 Å². The van der Waals surface area contributed by atoms with Crippen molar-refractivity contribution in [1.29, 1.82) is 0 Å². The van der Waals surface area contributed by atoms with E-state index in [4.69, 9.17) is 4.74 Å². The molecule has 3 amide bonds. The predicted molar refractivity (Wildman–Crippen MR) is 143 cm³/mol. The first-order chi connectivity index (χ1) is 16.8. The van der Waals surface area contributed by atoms with E-state index in [1.807, 2.05) is 20.8 Å². The first-order valence-corrected chi connectivity index (χ1v) is 13.2. The maximum Gasteiger partial charge on any atom is 0.408 e. The highest BCUT2D eigenvalue weighted by molar-refractivity contribution is 5.92. The highest BCUT2D eigenvalue weighted by Gasteiger charge is 2.38. The first kappa shape index (κ1) is 31.3. The van der Waals surface area contributed by atoms with Gasteiger partial charge in [-0.15, -0.1) is 0 Å². The number of rotatable bonds is 13. The summed E-state index contributed by atoms with van der Waals surface area (Å²) in [6.45, 7) is 15.6. The number of benzene rings is 1. The fourth-order valence-corrected chi connectivity index (χ4v) is 3.86. The number of nitrogens with one attached hydrogen (secondary N) is 2. The molecule has 0 saturated heterocycles. The third kappa shape index (κ3) is 9.70. The molecule has 204 valence electrons. The van der Waals surface area contributed by atoms with Gasteiger partial charge in [-0.2, -0.15) is 0 Å². The van der Waals surface area contributed by atoms with Crippen LogP contribution in [0.3, 0.4) is 0 Å². The average molecular weight is 506 g/mol. The number of amides is 3. The molecule has 3 N–H and O–H groups in total. The molecule has 0 aliphatic heterocycles. The van der Waals surface area contributed by atoms with Crippen LogP contribution in [0.2, 0.25) is 0 Å². The van der Waals surface area contributed by atoms with Crippen LogP contribution in [0.5, 0.6) is 5.75 Å². The van der Waals surface area contributed by atoms with Gasteiger partial charge < -0.3 is 25.4 Å². The zero-order chi connectivity index (χ0) is 27.5. The lowest BCUT2D eigenvalue weighted by Crippen LogP contribution is -2.55. The molecule has 0 fully saturated rings. The Hall–Kier alpha value is -2.77. The van der Waals surface area contributed by atoms with Gasteiger partial charge in [0, 0.05) is 18.7 Å². The van der Waals surface area contributed by atoms with E-state index < -0.39 is 23.8 Å². The number of alkyl carbamates (subject to hydrolysis) is 1. The van der Waals surface area contributed by atoms with Crippen LogP contribution in [0.25, 0.3) is 0 Å². The number of phenols is 1. The highest BCUT2D eigenvalue weighted by Crippen LogP contribution is 2.33. The quantitative estimate of drug-likeness (QED) is 0.318. The number of ether oxygens (including phenoxy) is 1. The minimum atomic E-state index is -1.03. The Labute approximate surface area is 217 Å². The fourth-order valence-electron chi connectivity index (χ4n) is 3.86. The summed E-state index contributed by atoms with van der Waals surface area (Å²) in [5.74, 6) is -1.01. The minimum Gasteiger partial charge on any atom is -0.507 e. The third-order valence-corrected chi connectivity index (χ3v) is 5.84. The zero-order valence-corrected chi connectivity index (χ0v) is 23.4. The molecule has 0 heterocycles. The summed E-state index contributed by atoms with van der Waals surface area (Å²) in [6.07, 6.45) is 3.52. The number of phenolic OH excluding ortho intramolecular Hbond substituents is 1. The molecule has 0 aliphatic rings. The lowest BCUT2D eigenvalue weighted by molar-refractivity contribution is -0.143. The van der Waals surface area contributed by atoms with Gasteiger partial charge in [0.1, 0.15) is 23.4 Å². The predicted octanol–water partition coefficient (Wildman–Crippen LogP) is 5.23. The molecule has 2 unspecified atom stereocenters. The Morgan fingerprint density at radius 1 is 1.06 bits per heavy atom. The van der Waals surface area contributed by atoms with Gasteiger partial charge in [-0.1, -0.05) is 65.2 Å². The molecule has 8 heteroatoms. The molecule has 0 aliphatic carbocycles. The maximum absolute atomic E-state index is 14.0. The molecular formula is C28H47N3O5. The number of hydrogen-bond donors (Lipinski definition) is 3. The van der Waals surface area contributed by atoms with Crippen molar-refractivity contribution in [3.8, 4) is 5.75 Å². The van der Waals surface area contributed by atoms with Crippen LogP contribution in [-0.2, 0) is 14.3 Å². The second-order valence-corrected chi connectivity index (χ2v) is 10.7. The molecule has 8 nitrogen and oxygen atoms in total. The highest BCUT2D eigenvalue weighted by atomic mass is 16.6. The van der Waals surface area contributed by atoms with Gasteiger partial charge in [-0.05, 0) is 52.0 Å². The zero-order valence-electron chi connectivity index (χ0n) is 23.4. The molecule has 1 aromatic rings. The molecule has 0 spiro atoms. The minimum absolute atomic E-state index is 0.0115. The Bertz CT molecular complexity index is 863. The van der Waals surface area contributed by atoms with E-state index in [9.17, 15) is 19.5 Å². The second-order valence-electron chi connectivity index (χ2n) is 10.7. The summed E-state index contributed by atoms with van der Waals surface area (Å²) in [5, 5.41) is 16.6. The average Bonchev–Trinajstić information content (AvgIpc) is 2.77. The van der Waals surface area contributed by atoms with Crippen molar-refractivity contribution >= 4 is 17.9 Å². The van der Waals surface area contributed by atoms with Crippen molar-refractivity contribution < 1.29 is 24.2 Å². The van der Waals surface area contributed by atoms with Crippen molar-refractivity contribution in [1.82, 2.24) is 15.5 Å². The van der Waals surface area contributed by atoms with Crippen LogP contribution >= 0.6 is 0 Å². The van der Waals surface area contributed by atoms with Gasteiger partial charge in [-0.3, -0.25) is 9.59 Å². The molecule has 0 radical (unpaired) electrons. The van der Waals surface area contributed by atoms with Gasteiger partial charge in [0.05, 0.1) is 0 Å². The Morgan fingerprint density at radius 3 is 2.25 bits per heavy atom. The summed E-state index contributed by atoms with van der Waals surface area (Å²) in [4.78, 5) is 41.6. The number of carbonyl (C=O) groups is 3. The third-order valence-electron chi connectivity index (χ3n) is 5.84. The standard InChI is InChI=1S/C28H47N3O5/c1-9-11-13-18-31(26(34)22(19(3)4)30-27(35)36-28(6,7)8)23(25(33)29-17-12-10-2)21-16-14-15-20(5)24(21)32/h14-16,19,22-23,32H,9-13,17-18H2,1-8H3,(H,29,33)(H,30,35). The molecule has 1 aromatic carbocycles. The van der Waals surface area contributed by atoms with Gasteiger partial charge in [-0.25, -0.2) is 4.79 Å². The Balaban J connectivity index is 3.50. The SMILES string of the molecule is CCCCCN(C(=O)C(NC(=O)OC(C)(C)C)C(C)C)C(C(=O)NCCCC)c1cccc(C)c1O. The lowest BCUT2D eigenvalue weighted by Gasteiger charge is -2.36. The summed E-state index contributed by atoms with van der Waals surface area (Å²) >= 11 is 0. The van der Waals surface area contributed by atoms with Crippen molar-refractivity contribution in [2.45, 2.75) is 105 Å². The van der Waals surface area contributed by atoms with Crippen molar-refractivity contribution in [2.24, 2.45) is 5.92 Å². The van der Waals surface area contributed by atoms with Crippen molar-refractivity contribution in [3.63, 3.8) is 0 Å². The summed E-state index contributed by atoms with van der Waals surface area (Å²) in [5.41, 5.74) is 0.269. The number of nitrogens with zero attached hydrogens (tertiary/aromatic N) is 1. The molecular weight excluding hydrogens is 458 g/mol. The largest absolute Gasteiger partial charge is 0.507 e. The summed E-state index contributed by atoms with van der Waals surface area (Å²) < 4.78 is 5.40. The van der Waals surface area contributed by atoms with Gasteiger partial charge >= 0.3 is 6.09 Å². The van der Waals surface area contributed by atoms with E-state index in [2.05, 4.69) is 17.6 Å². The van der Waals surface area contributed by atoms with E-state index in [1.54, 1.807) is 45.9 Å². The van der Waals surface area contributed by atoms with Crippen molar-refractivity contribution in [3.05, 3.63) is 29.3 Å². The fraction of sp³-hybridized carbons (Fsp3) is 0.679. The maximum atomic E-state index is 14.0.